The zero-order valence-electron chi connectivity index (χ0n) is 15.7. The minimum Gasteiger partial charge on any atom is -0.376 e. The zero-order valence-corrected chi connectivity index (χ0v) is 16.5. The Morgan fingerprint density at radius 2 is 1.89 bits per heavy atom. The van der Waals surface area contributed by atoms with Gasteiger partial charge in [-0.2, -0.15) is 4.31 Å². The first-order valence-corrected chi connectivity index (χ1v) is 11.5. The van der Waals surface area contributed by atoms with Crippen molar-refractivity contribution in [1.82, 2.24) is 9.62 Å². The fourth-order valence-corrected chi connectivity index (χ4v) is 5.90. The van der Waals surface area contributed by atoms with E-state index in [9.17, 15) is 13.2 Å². The third-order valence-electron chi connectivity index (χ3n) is 6.06. The first-order valence-electron chi connectivity index (χ1n) is 10.1. The molecular weight excluding hydrogens is 364 g/mol. The summed E-state index contributed by atoms with van der Waals surface area (Å²) in [6, 6.07) is 5.54. The van der Waals surface area contributed by atoms with Crippen LogP contribution in [0.2, 0.25) is 0 Å². The lowest BCUT2D eigenvalue weighted by atomic mass is 9.97. The van der Waals surface area contributed by atoms with Crippen LogP contribution >= 0.6 is 0 Å². The molecule has 7 heteroatoms. The van der Waals surface area contributed by atoms with E-state index in [2.05, 4.69) is 5.32 Å². The van der Waals surface area contributed by atoms with Gasteiger partial charge in [-0.25, -0.2) is 8.42 Å². The molecule has 2 aliphatic heterocycles. The first-order chi connectivity index (χ1) is 13.0. The standard InChI is InChI=1S/C20H28N2O4S/c23-20(21-14-18-5-2-12-26-18)16-8-10-22(11-9-16)27(24,25)19-7-6-15-3-1-4-17(15)13-19/h6-7,13,16,18H,1-5,8-12,14H2,(H,21,23)/t18-/m0/s1. The van der Waals surface area contributed by atoms with Gasteiger partial charge in [0, 0.05) is 32.2 Å². The van der Waals surface area contributed by atoms with Crippen molar-refractivity contribution in [3.05, 3.63) is 29.3 Å². The first kappa shape index (κ1) is 18.9. The lowest BCUT2D eigenvalue weighted by Gasteiger charge is -2.30. The van der Waals surface area contributed by atoms with Gasteiger partial charge in [-0.15, -0.1) is 0 Å². The molecule has 1 N–H and O–H groups in total. The second kappa shape index (κ2) is 7.89. The molecular formula is C20H28N2O4S. The Morgan fingerprint density at radius 3 is 2.63 bits per heavy atom. The van der Waals surface area contributed by atoms with Crippen LogP contribution in [0.25, 0.3) is 0 Å². The molecule has 0 radical (unpaired) electrons. The maximum absolute atomic E-state index is 13.0. The number of amides is 1. The summed E-state index contributed by atoms with van der Waals surface area (Å²) in [5, 5.41) is 2.98. The molecule has 6 nitrogen and oxygen atoms in total. The molecule has 27 heavy (non-hydrogen) atoms. The van der Waals surface area contributed by atoms with E-state index in [4.69, 9.17) is 4.74 Å². The Hall–Kier alpha value is -1.44. The normalized spacial score (nSPS) is 24.1. The molecule has 1 aromatic carbocycles. The molecule has 148 valence electrons. The van der Waals surface area contributed by atoms with Gasteiger partial charge < -0.3 is 10.1 Å². The molecule has 2 heterocycles. The van der Waals surface area contributed by atoms with Gasteiger partial charge in [0.25, 0.3) is 0 Å². The minimum atomic E-state index is -3.48. The number of hydrogen-bond acceptors (Lipinski definition) is 4. The maximum Gasteiger partial charge on any atom is 0.243 e. The van der Waals surface area contributed by atoms with Crippen LogP contribution < -0.4 is 5.32 Å². The number of rotatable bonds is 5. The topological polar surface area (TPSA) is 75.7 Å². The summed E-state index contributed by atoms with van der Waals surface area (Å²) in [5.41, 5.74) is 2.44. The molecule has 0 aromatic heterocycles. The van der Waals surface area contributed by atoms with E-state index in [1.807, 2.05) is 12.1 Å². The highest BCUT2D eigenvalue weighted by atomic mass is 32.2. The van der Waals surface area contributed by atoms with E-state index < -0.39 is 10.0 Å². The third-order valence-corrected chi connectivity index (χ3v) is 7.96. The predicted octanol–water partition coefficient (Wildman–Crippen LogP) is 1.87. The summed E-state index contributed by atoms with van der Waals surface area (Å²) in [6.07, 6.45) is 6.44. The number of nitrogens with one attached hydrogen (secondary N) is 1. The third kappa shape index (κ3) is 4.05. The maximum atomic E-state index is 13.0. The molecule has 0 unspecified atom stereocenters. The molecule has 1 atom stereocenters. The van der Waals surface area contributed by atoms with E-state index in [1.54, 1.807) is 6.07 Å². The lowest BCUT2D eigenvalue weighted by Crippen LogP contribution is -2.44. The van der Waals surface area contributed by atoms with Crippen LogP contribution in [0.1, 0.15) is 43.2 Å². The Labute approximate surface area is 161 Å². The van der Waals surface area contributed by atoms with Crippen LogP contribution in [0.4, 0.5) is 0 Å². The summed E-state index contributed by atoms with van der Waals surface area (Å²) in [4.78, 5) is 12.8. The van der Waals surface area contributed by atoms with Gasteiger partial charge in [0.2, 0.25) is 15.9 Å². The SMILES string of the molecule is O=C(NC[C@@H]1CCCO1)C1CCN(S(=O)(=O)c2ccc3c(c2)CCC3)CC1. The molecule has 0 spiro atoms. The van der Waals surface area contributed by atoms with Crippen LogP contribution in [0, 0.1) is 5.92 Å². The van der Waals surface area contributed by atoms with Crippen molar-refractivity contribution < 1.29 is 17.9 Å². The number of ether oxygens (including phenoxy) is 1. The Bertz CT molecular complexity index is 794. The number of aryl methyl sites for hydroxylation is 2. The fraction of sp³-hybridized carbons (Fsp3) is 0.650. The van der Waals surface area contributed by atoms with Gasteiger partial charge in [0.05, 0.1) is 11.0 Å². The Morgan fingerprint density at radius 1 is 1.11 bits per heavy atom. The van der Waals surface area contributed by atoms with Crippen molar-refractivity contribution in [1.29, 1.82) is 0 Å². The number of benzene rings is 1. The predicted molar refractivity (Wildman–Crippen MR) is 102 cm³/mol. The zero-order chi connectivity index (χ0) is 18.9. The second-order valence-corrected chi connectivity index (χ2v) is 9.78. The van der Waals surface area contributed by atoms with Crippen LogP contribution in [0.15, 0.2) is 23.1 Å². The van der Waals surface area contributed by atoms with E-state index >= 15 is 0 Å². The van der Waals surface area contributed by atoms with Crippen molar-refractivity contribution in [2.45, 2.75) is 55.9 Å². The van der Waals surface area contributed by atoms with E-state index in [0.717, 1.165) is 38.7 Å². The number of hydrogen-bond donors (Lipinski definition) is 1. The quantitative estimate of drug-likeness (QED) is 0.830. The second-order valence-electron chi connectivity index (χ2n) is 7.84. The lowest BCUT2D eigenvalue weighted by molar-refractivity contribution is -0.126. The van der Waals surface area contributed by atoms with Crippen molar-refractivity contribution in [2.75, 3.05) is 26.2 Å². The van der Waals surface area contributed by atoms with Crippen molar-refractivity contribution in [2.24, 2.45) is 5.92 Å². The number of piperidine rings is 1. The largest absolute Gasteiger partial charge is 0.376 e. The molecule has 3 aliphatic rings. The van der Waals surface area contributed by atoms with E-state index in [0.29, 0.717) is 37.4 Å². The van der Waals surface area contributed by atoms with Crippen LogP contribution in [-0.4, -0.2) is 51.0 Å². The van der Waals surface area contributed by atoms with Crippen molar-refractivity contribution in [3.8, 4) is 0 Å². The van der Waals surface area contributed by atoms with Crippen molar-refractivity contribution >= 4 is 15.9 Å². The number of carbonyl (C=O) groups excluding carboxylic acids is 1. The number of carbonyl (C=O) groups is 1. The molecule has 1 amide bonds. The monoisotopic (exact) mass is 392 g/mol. The molecule has 2 saturated heterocycles. The Balaban J connectivity index is 1.33. The average molecular weight is 393 g/mol. The summed E-state index contributed by atoms with van der Waals surface area (Å²) >= 11 is 0. The van der Waals surface area contributed by atoms with Gasteiger partial charge in [0.1, 0.15) is 0 Å². The van der Waals surface area contributed by atoms with Gasteiger partial charge in [-0.05, 0) is 68.2 Å². The van der Waals surface area contributed by atoms with Crippen LogP contribution in [-0.2, 0) is 32.4 Å². The highest BCUT2D eigenvalue weighted by molar-refractivity contribution is 7.89. The molecule has 2 fully saturated rings. The van der Waals surface area contributed by atoms with Crippen LogP contribution in [0.3, 0.4) is 0 Å². The van der Waals surface area contributed by atoms with Crippen LogP contribution in [0.5, 0.6) is 0 Å². The number of nitrogens with zero attached hydrogens (tertiary/aromatic N) is 1. The smallest absolute Gasteiger partial charge is 0.243 e. The van der Waals surface area contributed by atoms with Gasteiger partial charge in [0.15, 0.2) is 0 Å². The van der Waals surface area contributed by atoms with Crippen molar-refractivity contribution in [3.63, 3.8) is 0 Å². The molecule has 1 aliphatic carbocycles. The summed E-state index contributed by atoms with van der Waals surface area (Å²) in [7, 11) is -3.48. The molecule has 4 rings (SSSR count). The van der Waals surface area contributed by atoms with Gasteiger partial charge in [-0.1, -0.05) is 6.07 Å². The van der Waals surface area contributed by atoms with Gasteiger partial charge in [-0.3, -0.25) is 4.79 Å². The number of sulfonamides is 1. The summed E-state index contributed by atoms with van der Waals surface area (Å²) in [5.74, 6) is -0.0852. The molecule has 1 aromatic rings. The van der Waals surface area contributed by atoms with E-state index in [-0.39, 0.29) is 17.9 Å². The summed E-state index contributed by atoms with van der Waals surface area (Å²) < 4.78 is 33.0. The fourth-order valence-electron chi connectivity index (χ4n) is 4.38. The summed E-state index contributed by atoms with van der Waals surface area (Å²) in [6.45, 7) is 2.14. The average Bonchev–Trinajstić information content (AvgIpc) is 3.37. The minimum absolute atomic E-state index is 0.0279. The van der Waals surface area contributed by atoms with Gasteiger partial charge >= 0.3 is 0 Å². The molecule has 0 saturated carbocycles. The Kier molecular flexibility index (Phi) is 5.53. The molecule has 0 bridgehead atoms. The highest BCUT2D eigenvalue weighted by Gasteiger charge is 2.32. The van der Waals surface area contributed by atoms with E-state index in [1.165, 1.54) is 15.4 Å². The number of fused-ring (bicyclic) bond motifs is 1. The highest BCUT2D eigenvalue weighted by Crippen LogP contribution is 2.28.